The summed E-state index contributed by atoms with van der Waals surface area (Å²) < 4.78 is 116. The number of aryl methyl sites for hydroxylation is 1. The lowest BCUT2D eigenvalue weighted by molar-refractivity contribution is 0.00990. The minimum atomic E-state index is -4.55. The summed E-state index contributed by atoms with van der Waals surface area (Å²) in [7, 11) is -4.55. The SMILES string of the molecule is [2H]C([2H])(O)C1(F)CCN(C(=O)c2ccc(F)c(Cl)c2)CC1.[2H]C([2H])(OS(=O)(=O)c1ccc(C)cc1)C1(F)CCN(C(=O)c2ccc(F)c(Cl)c2)CC1. The Morgan fingerprint density at radius 1 is 0.812 bits per heavy atom. The van der Waals surface area contributed by atoms with Gasteiger partial charge in [-0.1, -0.05) is 40.9 Å². The molecule has 0 saturated carbocycles. The largest absolute Gasteiger partial charge is 0.393 e. The van der Waals surface area contributed by atoms with Crippen molar-refractivity contribution in [3.63, 3.8) is 0 Å². The summed E-state index contributed by atoms with van der Waals surface area (Å²) >= 11 is 11.3. The highest BCUT2D eigenvalue weighted by Crippen LogP contribution is 2.30. The number of carbonyl (C=O) groups is 2. The lowest BCUT2D eigenvalue weighted by Gasteiger charge is -2.36. The van der Waals surface area contributed by atoms with Crippen LogP contribution in [0.4, 0.5) is 17.6 Å². The monoisotopic (exact) mass is 736 g/mol. The maximum absolute atomic E-state index is 15.4. The predicted octanol–water partition coefficient (Wildman–Crippen LogP) is 6.55. The molecule has 2 heterocycles. The molecule has 0 bridgehead atoms. The van der Waals surface area contributed by atoms with E-state index in [1.54, 1.807) is 6.92 Å². The summed E-state index contributed by atoms with van der Waals surface area (Å²) in [5.41, 5.74) is -3.92. The van der Waals surface area contributed by atoms with E-state index in [1.165, 1.54) is 52.3 Å². The summed E-state index contributed by atoms with van der Waals surface area (Å²) in [6, 6.07) is 12.5. The second-order valence-electron chi connectivity index (χ2n) is 11.3. The molecule has 0 spiro atoms. The van der Waals surface area contributed by atoms with Gasteiger partial charge in [0.1, 0.15) is 29.5 Å². The zero-order chi connectivity index (χ0) is 38.9. The molecule has 3 aromatic rings. The van der Waals surface area contributed by atoms with Crippen molar-refractivity contribution < 1.29 is 50.3 Å². The Hall–Kier alpha value is -3.23. The Balaban J connectivity index is 0.000000251. The average molecular weight is 738 g/mol. The Morgan fingerprint density at radius 3 is 1.62 bits per heavy atom. The number of hydrogen-bond donors (Lipinski definition) is 1. The number of halogens is 6. The fourth-order valence-electron chi connectivity index (χ4n) is 4.85. The standard InChI is InChI=1S/C20H20ClF2NO4S.C13H14ClF2NO2/c1-14-2-5-16(6-3-14)29(26,27)28-13-20(23)8-10-24(11-9-20)19(25)15-4-7-18(22)17(21)12-15;14-10-7-9(1-2-11(10)15)12(19)17-5-3-13(16,8-18)4-6-17/h2-7,12H,8-11,13H2,1H3;1-2,7,18H,3-6,8H2/i13D2;8D2. The maximum Gasteiger partial charge on any atom is 0.297 e. The molecule has 3 aromatic carbocycles. The Morgan fingerprint density at radius 2 is 1.23 bits per heavy atom. The normalized spacial score (nSPS) is 19.2. The third kappa shape index (κ3) is 9.47. The van der Waals surface area contributed by atoms with Crippen molar-refractivity contribution in [1.82, 2.24) is 9.80 Å². The van der Waals surface area contributed by atoms with Crippen LogP contribution in [0.1, 0.15) is 57.4 Å². The molecule has 260 valence electrons. The lowest BCUT2D eigenvalue weighted by Crippen LogP contribution is -2.46. The third-order valence-corrected chi connectivity index (χ3v) is 9.60. The number of rotatable bonds is 7. The predicted molar refractivity (Wildman–Crippen MR) is 172 cm³/mol. The quantitative estimate of drug-likeness (QED) is 0.218. The van der Waals surface area contributed by atoms with Crippen molar-refractivity contribution in [2.75, 3.05) is 39.3 Å². The highest BCUT2D eigenvalue weighted by Gasteiger charge is 2.38. The van der Waals surface area contributed by atoms with Gasteiger partial charge < -0.3 is 14.9 Å². The topological polar surface area (TPSA) is 104 Å². The van der Waals surface area contributed by atoms with Crippen LogP contribution in [0.2, 0.25) is 10.0 Å². The first-order valence-corrected chi connectivity index (χ1v) is 16.8. The van der Waals surface area contributed by atoms with E-state index < -0.39 is 70.9 Å². The second kappa shape index (κ2) is 15.5. The van der Waals surface area contributed by atoms with Gasteiger partial charge in [0.25, 0.3) is 21.9 Å². The molecule has 2 amide bonds. The number of hydrogen-bond acceptors (Lipinski definition) is 6. The van der Waals surface area contributed by atoms with Crippen molar-refractivity contribution in [2.45, 2.75) is 48.8 Å². The van der Waals surface area contributed by atoms with Gasteiger partial charge in [0.05, 0.1) is 27.0 Å². The second-order valence-corrected chi connectivity index (χ2v) is 13.7. The molecular formula is C33H34Cl2F4N2O6S. The van der Waals surface area contributed by atoms with Crippen molar-refractivity contribution in [2.24, 2.45) is 0 Å². The Kier molecular flexibility index (Phi) is 10.4. The van der Waals surface area contributed by atoms with Crippen LogP contribution in [-0.4, -0.2) is 85.8 Å². The van der Waals surface area contributed by atoms with E-state index in [0.29, 0.717) is 0 Å². The van der Waals surface area contributed by atoms with Gasteiger partial charge in [-0.2, -0.15) is 8.42 Å². The Labute approximate surface area is 291 Å². The average Bonchev–Trinajstić information content (AvgIpc) is 3.07. The smallest absolute Gasteiger partial charge is 0.297 e. The van der Waals surface area contributed by atoms with E-state index in [9.17, 15) is 36.3 Å². The zero-order valence-electron chi connectivity index (χ0n) is 29.5. The molecule has 0 radical (unpaired) electrons. The summed E-state index contributed by atoms with van der Waals surface area (Å²) in [5, 5.41) is 8.80. The molecule has 2 aliphatic rings. The number of alkyl halides is 2. The lowest BCUT2D eigenvalue weighted by atomic mass is 9.94. The van der Waals surface area contributed by atoms with Crippen molar-refractivity contribution in [1.29, 1.82) is 0 Å². The number of nitrogens with zero attached hydrogens (tertiary/aromatic N) is 2. The highest BCUT2D eigenvalue weighted by molar-refractivity contribution is 7.86. The van der Waals surface area contributed by atoms with Crippen LogP contribution in [0.15, 0.2) is 65.6 Å². The van der Waals surface area contributed by atoms with Crippen LogP contribution in [0.3, 0.4) is 0 Å². The van der Waals surface area contributed by atoms with E-state index >= 15 is 4.39 Å². The van der Waals surface area contributed by atoms with Crippen molar-refractivity contribution >= 4 is 45.1 Å². The van der Waals surface area contributed by atoms with Crippen molar-refractivity contribution in [3.8, 4) is 0 Å². The van der Waals surface area contributed by atoms with Gasteiger partial charge in [0, 0.05) is 63.0 Å². The van der Waals surface area contributed by atoms with Crippen LogP contribution >= 0.6 is 23.2 Å². The molecule has 2 saturated heterocycles. The summed E-state index contributed by atoms with van der Waals surface area (Å²) in [4.78, 5) is 27.1. The number of likely N-dealkylation sites (tertiary alicyclic amines) is 2. The molecule has 48 heavy (non-hydrogen) atoms. The fourth-order valence-corrected chi connectivity index (χ4v) is 6.03. The molecule has 0 aliphatic carbocycles. The summed E-state index contributed by atoms with van der Waals surface area (Å²) in [6.07, 6.45) is -1.58. The summed E-state index contributed by atoms with van der Waals surface area (Å²) in [6.45, 7) is -4.78. The van der Waals surface area contributed by atoms with Gasteiger partial charge in [0.15, 0.2) is 0 Å². The van der Waals surface area contributed by atoms with Gasteiger partial charge >= 0.3 is 0 Å². The van der Waals surface area contributed by atoms with Gasteiger partial charge in [-0.25, -0.2) is 17.6 Å². The number of piperidine rings is 2. The van der Waals surface area contributed by atoms with Gasteiger partial charge in [-0.15, -0.1) is 0 Å². The molecule has 0 aromatic heterocycles. The van der Waals surface area contributed by atoms with E-state index in [-0.39, 0.29) is 65.1 Å². The van der Waals surface area contributed by atoms with Crippen LogP contribution < -0.4 is 0 Å². The molecule has 0 atom stereocenters. The number of amides is 2. The fraction of sp³-hybridized carbons (Fsp3) is 0.394. The van der Waals surface area contributed by atoms with Crippen LogP contribution in [0.5, 0.6) is 0 Å². The van der Waals surface area contributed by atoms with Crippen LogP contribution in [0.25, 0.3) is 0 Å². The first-order chi connectivity index (χ1) is 24.0. The molecule has 0 unspecified atom stereocenters. The summed E-state index contributed by atoms with van der Waals surface area (Å²) in [5.74, 6) is -2.27. The highest BCUT2D eigenvalue weighted by atomic mass is 35.5. The molecule has 2 fully saturated rings. The first-order valence-electron chi connectivity index (χ1n) is 16.6. The van der Waals surface area contributed by atoms with Gasteiger partial charge in [-0.3, -0.25) is 13.8 Å². The third-order valence-electron chi connectivity index (χ3n) is 7.86. The van der Waals surface area contributed by atoms with Crippen LogP contribution in [0, 0.1) is 18.6 Å². The van der Waals surface area contributed by atoms with Gasteiger partial charge in [0.2, 0.25) is 0 Å². The first kappa shape index (κ1) is 32.0. The number of benzene rings is 3. The van der Waals surface area contributed by atoms with E-state index in [0.717, 1.165) is 23.8 Å². The molecule has 8 nitrogen and oxygen atoms in total. The zero-order valence-corrected chi connectivity index (χ0v) is 27.8. The molecule has 2 aliphatic heterocycles. The molecule has 5 rings (SSSR count). The van der Waals surface area contributed by atoms with Crippen LogP contribution in [-0.2, 0) is 14.3 Å². The van der Waals surface area contributed by atoms with Gasteiger partial charge in [-0.05, 0) is 55.5 Å². The molecular weight excluding hydrogens is 699 g/mol. The number of aliphatic hydroxyl groups is 1. The number of carbonyl (C=O) groups excluding carboxylic acids is 2. The minimum Gasteiger partial charge on any atom is -0.393 e. The van der Waals surface area contributed by atoms with E-state index in [4.69, 9.17) is 28.7 Å². The minimum absolute atomic E-state index is 0.0373. The van der Waals surface area contributed by atoms with E-state index in [1.807, 2.05) is 0 Å². The molecule has 1 N–H and O–H groups in total. The van der Waals surface area contributed by atoms with E-state index in [2.05, 4.69) is 4.18 Å². The molecule has 15 heteroatoms. The van der Waals surface area contributed by atoms with Crippen molar-refractivity contribution in [3.05, 3.63) is 99.0 Å². The maximum atomic E-state index is 15.4. The Bertz CT molecular complexity index is 1910.